The van der Waals surface area contributed by atoms with Gasteiger partial charge in [-0.25, -0.2) is 19.9 Å². The van der Waals surface area contributed by atoms with Gasteiger partial charge >= 0.3 is 0 Å². The average Bonchev–Trinajstić information content (AvgIpc) is 3.62. The predicted octanol–water partition coefficient (Wildman–Crippen LogP) is 11.6. The van der Waals surface area contributed by atoms with E-state index in [9.17, 15) is 0 Å². The standard InChI is InChI=1S/C44H28N4S/c1-4-15-30(16-5-1)41-46-42(31-17-6-2-7-18-31)48-43(47-41)37-23-13-12-22-35(37)36-26-24-29-14-10-11-21-34(29)40(36)33-25-27-39-38(28-33)45-44(49-39)32-19-8-3-9-20-32/h1-28H. The van der Waals surface area contributed by atoms with Crippen LogP contribution in [0.3, 0.4) is 0 Å². The Kier molecular flexibility index (Phi) is 7.30. The van der Waals surface area contributed by atoms with Gasteiger partial charge in [-0.2, -0.15) is 0 Å². The van der Waals surface area contributed by atoms with Crippen LogP contribution < -0.4 is 0 Å². The van der Waals surface area contributed by atoms with Crippen LogP contribution in [0, 0.1) is 0 Å². The Balaban J connectivity index is 1.26. The molecular weight excluding hydrogens is 617 g/mol. The van der Waals surface area contributed by atoms with Crippen molar-refractivity contribution in [2.24, 2.45) is 0 Å². The summed E-state index contributed by atoms with van der Waals surface area (Å²) in [6, 6.07) is 58.7. The minimum absolute atomic E-state index is 0.630. The van der Waals surface area contributed by atoms with E-state index in [0.717, 1.165) is 59.7 Å². The molecule has 0 atom stereocenters. The van der Waals surface area contributed by atoms with E-state index in [-0.39, 0.29) is 0 Å². The van der Waals surface area contributed by atoms with Crippen LogP contribution >= 0.6 is 11.3 Å². The maximum absolute atomic E-state index is 5.09. The minimum atomic E-state index is 0.630. The summed E-state index contributed by atoms with van der Waals surface area (Å²) in [6.07, 6.45) is 0. The van der Waals surface area contributed by atoms with Crippen LogP contribution in [-0.4, -0.2) is 19.9 Å². The minimum Gasteiger partial charge on any atom is -0.236 e. The van der Waals surface area contributed by atoms with Crippen LogP contribution in [0.25, 0.3) is 88.0 Å². The Morgan fingerprint density at radius 2 is 0.939 bits per heavy atom. The summed E-state index contributed by atoms with van der Waals surface area (Å²) in [4.78, 5) is 20.2. The van der Waals surface area contributed by atoms with E-state index in [1.807, 2.05) is 66.7 Å². The highest BCUT2D eigenvalue weighted by molar-refractivity contribution is 7.21. The highest BCUT2D eigenvalue weighted by Gasteiger charge is 2.19. The molecule has 5 heteroatoms. The second-order valence-electron chi connectivity index (χ2n) is 11.9. The third-order valence-electron chi connectivity index (χ3n) is 8.78. The number of benzene rings is 7. The molecule has 0 aliphatic rings. The normalized spacial score (nSPS) is 11.3. The van der Waals surface area contributed by atoms with Gasteiger partial charge in [0.25, 0.3) is 0 Å². The van der Waals surface area contributed by atoms with Crippen LogP contribution in [0.15, 0.2) is 170 Å². The number of aromatic nitrogens is 4. The van der Waals surface area contributed by atoms with Gasteiger partial charge in [0.05, 0.1) is 10.2 Å². The van der Waals surface area contributed by atoms with Crippen molar-refractivity contribution in [1.82, 2.24) is 19.9 Å². The summed E-state index contributed by atoms with van der Waals surface area (Å²) in [5.41, 5.74) is 9.38. The Morgan fingerprint density at radius 1 is 0.367 bits per heavy atom. The lowest BCUT2D eigenvalue weighted by Crippen LogP contribution is -2.01. The average molecular weight is 645 g/mol. The van der Waals surface area contributed by atoms with Gasteiger partial charge in [0.1, 0.15) is 5.01 Å². The Bertz CT molecular complexity index is 2540. The molecule has 0 amide bonds. The third-order valence-corrected chi connectivity index (χ3v) is 9.87. The molecule has 49 heavy (non-hydrogen) atoms. The number of fused-ring (bicyclic) bond motifs is 2. The summed E-state index contributed by atoms with van der Waals surface area (Å²) in [5.74, 6) is 1.91. The first kappa shape index (κ1) is 28.9. The smallest absolute Gasteiger partial charge is 0.164 e. The first-order valence-corrected chi connectivity index (χ1v) is 17.0. The number of rotatable bonds is 6. The van der Waals surface area contributed by atoms with E-state index >= 15 is 0 Å². The fourth-order valence-corrected chi connectivity index (χ4v) is 7.39. The van der Waals surface area contributed by atoms with E-state index in [1.165, 1.54) is 10.8 Å². The molecule has 9 aromatic rings. The van der Waals surface area contributed by atoms with Crippen molar-refractivity contribution in [3.05, 3.63) is 170 Å². The first-order chi connectivity index (χ1) is 24.3. The zero-order valence-electron chi connectivity index (χ0n) is 26.4. The van der Waals surface area contributed by atoms with Crippen molar-refractivity contribution >= 4 is 32.3 Å². The largest absolute Gasteiger partial charge is 0.236 e. The molecule has 0 radical (unpaired) electrons. The van der Waals surface area contributed by atoms with Crippen molar-refractivity contribution in [2.75, 3.05) is 0 Å². The zero-order chi connectivity index (χ0) is 32.6. The second kappa shape index (κ2) is 12.4. The molecule has 0 saturated carbocycles. The highest BCUT2D eigenvalue weighted by Crippen LogP contribution is 2.43. The van der Waals surface area contributed by atoms with Gasteiger partial charge < -0.3 is 0 Å². The summed E-state index contributed by atoms with van der Waals surface area (Å²) in [5, 5.41) is 3.38. The Labute approximate surface area is 288 Å². The van der Waals surface area contributed by atoms with Gasteiger partial charge in [-0.05, 0) is 45.2 Å². The maximum atomic E-state index is 5.09. The van der Waals surface area contributed by atoms with Gasteiger partial charge in [-0.15, -0.1) is 11.3 Å². The monoisotopic (exact) mass is 644 g/mol. The predicted molar refractivity (Wildman–Crippen MR) is 203 cm³/mol. The van der Waals surface area contributed by atoms with Crippen molar-refractivity contribution in [2.45, 2.75) is 0 Å². The molecule has 7 aromatic carbocycles. The lowest BCUT2D eigenvalue weighted by Gasteiger charge is -2.17. The van der Waals surface area contributed by atoms with E-state index in [2.05, 4.69) is 103 Å². The van der Waals surface area contributed by atoms with Crippen LogP contribution in [0.4, 0.5) is 0 Å². The Morgan fingerprint density at radius 3 is 1.63 bits per heavy atom. The van der Waals surface area contributed by atoms with Gasteiger partial charge in [-0.1, -0.05) is 158 Å². The fourth-order valence-electron chi connectivity index (χ4n) is 6.44. The molecule has 230 valence electrons. The fraction of sp³-hybridized carbons (Fsp3) is 0. The number of thiazole rings is 1. The first-order valence-electron chi connectivity index (χ1n) is 16.2. The molecule has 0 bridgehead atoms. The lowest BCUT2D eigenvalue weighted by molar-refractivity contribution is 1.07. The molecule has 0 fully saturated rings. The van der Waals surface area contributed by atoms with Gasteiger partial charge in [0, 0.05) is 22.3 Å². The summed E-state index contributed by atoms with van der Waals surface area (Å²) < 4.78 is 1.16. The van der Waals surface area contributed by atoms with Crippen LogP contribution in [0.5, 0.6) is 0 Å². The van der Waals surface area contributed by atoms with E-state index in [0.29, 0.717) is 17.5 Å². The molecule has 0 aliphatic carbocycles. The summed E-state index contributed by atoms with van der Waals surface area (Å²) in [7, 11) is 0. The van der Waals surface area contributed by atoms with Crippen LogP contribution in [0.1, 0.15) is 0 Å². The molecule has 0 N–H and O–H groups in total. The molecule has 2 aromatic heterocycles. The molecule has 9 rings (SSSR count). The van der Waals surface area contributed by atoms with Gasteiger partial charge in [0.2, 0.25) is 0 Å². The molecule has 0 spiro atoms. The van der Waals surface area contributed by atoms with Crippen LogP contribution in [0.2, 0.25) is 0 Å². The van der Waals surface area contributed by atoms with Crippen molar-refractivity contribution in [1.29, 1.82) is 0 Å². The zero-order valence-corrected chi connectivity index (χ0v) is 27.2. The number of nitrogens with zero attached hydrogens (tertiary/aromatic N) is 4. The van der Waals surface area contributed by atoms with E-state index < -0.39 is 0 Å². The lowest BCUT2D eigenvalue weighted by atomic mass is 9.87. The summed E-state index contributed by atoms with van der Waals surface area (Å²) >= 11 is 1.72. The van der Waals surface area contributed by atoms with E-state index in [4.69, 9.17) is 19.9 Å². The maximum Gasteiger partial charge on any atom is 0.164 e. The van der Waals surface area contributed by atoms with Crippen molar-refractivity contribution in [3.8, 4) is 67.0 Å². The van der Waals surface area contributed by atoms with Crippen molar-refractivity contribution in [3.63, 3.8) is 0 Å². The highest BCUT2D eigenvalue weighted by atomic mass is 32.1. The quantitative estimate of drug-likeness (QED) is 0.181. The molecule has 0 unspecified atom stereocenters. The number of hydrogen-bond donors (Lipinski definition) is 0. The SMILES string of the molecule is c1ccc(-c2nc(-c3ccccc3)nc(-c3ccccc3-c3ccc4ccccc4c3-c3ccc4sc(-c5ccccc5)nc4c3)n2)cc1. The molecule has 2 heterocycles. The van der Waals surface area contributed by atoms with Gasteiger partial charge in [-0.3, -0.25) is 0 Å². The molecular formula is C44H28N4S. The van der Waals surface area contributed by atoms with Gasteiger partial charge in [0.15, 0.2) is 17.5 Å². The molecule has 0 aliphatic heterocycles. The third kappa shape index (κ3) is 5.46. The second-order valence-corrected chi connectivity index (χ2v) is 12.9. The van der Waals surface area contributed by atoms with E-state index in [1.54, 1.807) is 11.3 Å². The summed E-state index contributed by atoms with van der Waals surface area (Å²) in [6.45, 7) is 0. The molecule has 0 saturated heterocycles. The number of hydrogen-bond acceptors (Lipinski definition) is 5. The van der Waals surface area contributed by atoms with Crippen molar-refractivity contribution < 1.29 is 0 Å². The van der Waals surface area contributed by atoms with Crippen LogP contribution in [-0.2, 0) is 0 Å². The molecule has 4 nitrogen and oxygen atoms in total. The Hall–Kier alpha value is -6.30. The topological polar surface area (TPSA) is 51.6 Å².